The Morgan fingerprint density at radius 3 is 2.68 bits per heavy atom. The number of aromatic carboxylic acids is 1. The van der Waals surface area contributed by atoms with Crippen LogP contribution in [0.2, 0.25) is 0 Å². The lowest BCUT2D eigenvalue weighted by Gasteiger charge is -2.02. The third kappa shape index (κ3) is 3.00. The Morgan fingerprint density at radius 1 is 1.37 bits per heavy atom. The summed E-state index contributed by atoms with van der Waals surface area (Å²) >= 11 is 0. The van der Waals surface area contributed by atoms with E-state index in [-0.39, 0.29) is 10.8 Å². The van der Waals surface area contributed by atoms with Crippen molar-refractivity contribution in [3.05, 3.63) is 47.5 Å². The number of hydrogen-bond acceptors (Lipinski definition) is 5. The Kier molecular flexibility index (Phi) is 3.39. The summed E-state index contributed by atoms with van der Waals surface area (Å²) in [6.07, 6.45) is 3.07. The number of carboxylic acid groups (broad SMARTS) is 1. The molecule has 0 aromatic carbocycles. The summed E-state index contributed by atoms with van der Waals surface area (Å²) in [5.41, 5.74) is 1.37. The second kappa shape index (κ2) is 4.85. The lowest BCUT2D eigenvalue weighted by molar-refractivity contribution is 0.0656. The molecular weight excluding hydrogens is 270 g/mol. The molecular formula is C12H11NO5S. The predicted molar refractivity (Wildman–Crippen MR) is 65.5 cm³/mol. The first-order valence-corrected chi connectivity index (χ1v) is 7.00. The summed E-state index contributed by atoms with van der Waals surface area (Å²) in [6.45, 7) is 1.80. The molecule has 0 fully saturated rings. The fourth-order valence-corrected chi connectivity index (χ4v) is 2.82. The Labute approximate surface area is 109 Å². The second-order valence-electron chi connectivity index (χ2n) is 4.05. The van der Waals surface area contributed by atoms with Crippen molar-refractivity contribution in [2.24, 2.45) is 0 Å². The zero-order valence-corrected chi connectivity index (χ0v) is 10.8. The van der Waals surface area contributed by atoms with Crippen molar-refractivity contribution in [1.29, 1.82) is 0 Å². The van der Waals surface area contributed by atoms with E-state index in [4.69, 9.17) is 9.52 Å². The third-order valence-corrected chi connectivity index (χ3v) is 3.93. The molecule has 100 valence electrons. The van der Waals surface area contributed by atoms with E-state index in [1.165, 1.54) is 6.20 Å². The molecule has 0 bridgehead atoms. The number of rotatable bonds is 4. The van der Waals surface area contributed by atoms with Crippen LogP contribution >= 0.6 is 0 Å². The van der Waals surface area contributed by atoms with E-state index in [0.717, 1.165) is 17.7 Å². The van der Waals surface area contributed by atoms with Crippen LogP contribution in [0.4, 0.5) is 0 Å². The van der Waals surface area contributed by atoms with Gasteiger partial charge < -0.3 is 9.52 Å². The van der Waals surface area contributed by atoms with Crippen molar-refractivity contribution in [3.8, 4) is 0 Å². The van der Waals surface area contributed by atoms with Crippen LogP contribution in [0.15, 0.2) is 40.1 Å². The molecule has 0 radical (unpaired) electrons. The van der Waals surface area contributed by atoms with Gasteiger partial charge in [-0.2, -0.15) is 0 Å². The highest BCUT2D eigenvalue weighted by Gasteiger charge is 2.21. The Morgan fingerprint density at radius 2 is 2.11 bits per heavy atom. The molecule has 0 aliphatic carbocycles. The minimum atomic E-state index is -3.71. The number of carboxylic acids is 1. The number of sulfone groups is 1. The largest absolute Gasteiger partial charge is 0.475 e. The van der Waals surface area contributed by atoms with Crippen molar-refractivity contribution >= 4 is 15.8 Å². The van der Waals surface area contributed by atoms with Gasteiger partial charge in [0.15, 0.2) is 0 Å². The zero-order valence-electron chi connectivity index (χ0n) is 10.0. The smallest absolute Gasteiger partial charge is 0.371 e. The number of carbonyl (C=O) groups is 1. The van der Waals surface area contributed by atoms with Crippen LogP contribution in [0.3, 0.4) is 0 Å². The van der Waals surface area contributed by atoms with Gasteiger partial charge in [-0.1, -0.05) is 6.07 Å². The lowest BCUT2D eigenvalue weighted by Crippen LogP contribution is -2.04. The number of pyridine rings is 1. The number of aryl methyl sites for hydroxylation is 1. The molecule has 0 aliphatic heterocycles. The number of furan rings is 1. The summed E-state index contributed by atoms with van der Waals surface area (Å²) in [5.74, 6) is -1.99. The molecule has 0 atom stereocenters. The average molecular weight is 281 g/mol. The van der Waals surface area contributed by atoms with E-state index in [9.17, 15) is 13.2 Å². The topological polar surface area (TPSA) is 97.5 Å². The quantitative estimate of drug-likeness (QED) is 0.915. The van der Waals surface area contributed by atoms with E-state index in [2.05, 4.69) is 4.98 Å². The van der Waals surface area contributed by atoms with Gasteiger partial charge in [-0.3, -0.25) is 4.98 Å². The third-order valence-electron chi connectivity index (χ3n) is 2.39. The van der Waals surface area contributed by atoms with Gasteiger partial charge in [0.2, 0.25) is 20.7 Å². The molecule has 1 N–H and O–H groups in total. The molecule has 0 amide bonds. The van der Waals surface area contributed by atoms with Crippen LogP contribution in [0.25, 0.3) is 0 Å². The molecule has 0 spiro atoms. The number of aromatic nitrogens is 1. The van der Waals surface area contributed by atoms with Gasteiger partial charge in [0.05, 0.1) is 5.75 Å². The molecule has 2 aromatic heterocycles. The van der Waals surface area contributed by atoms with Crippen molar-refractivity contribution in [2.45, 2.75) is 17.8 Å². The standard InChI is InChI=1S/C12H11NO5S/c1-8-4-9(6-13-5-8)7-19(16,17)11-3-2-10(18-11)12(14)15/h2-6H,7H2,1H3,(H,14,15). The van der Waals surface area contributed by atoms with Crippen LogP contribution in [-0.4, -0.2) is 24.5 Å². The molecule has 7 heteroatoms. The minimum Gasteiger partial charge on any atom is -0.475 e. The Bertz CT molecular complexity index is 717. The van der Waals surface area contributed by atoms with Gasteiger partial charge in [0, 0.05) is 12.4 Å². The molecule has 0 saturated carbocycles. The van der Waals surface area contributed by atoms with Gasteiger partial charge in [0.1, 0.15) is 0 Å². The first-order chi connectivity index (χ1) is 8.88. The summed E-state index contributed by atoms with van der Waals surface area (Å²) < 4.78 is 28.9. The van der Waals surface area contributed by atoms with Crippen LogP contribution in [-0.2, 0) is 15.6 Å². The van der Waals surface area contributed by atoms with Gasteiger partial charge in [-0.05, 0) is 30.2 Å². The highest BCUT2D eigenvalue weighted by molar-refractivity contribution is 7.90. The fraction of sp³-hybridized carbons (Fsp3) is 0.167. The van der Waals surface area contributed by atoms with Crippen LogP contribution in [0.5, 0.6) is 0 Å². The second-order valence-corrected chi connectivity index (χ2v) is 5.97. The van der Waals surface area contributed by atoms with Crippen LogP contribution in [0.1, 0.15) is 21.7 Å². The molecule has 19 heavy (non-hydrogen) atoms. The van der Waals surface area contributed by atoms with Crippen molar-refractivity contribution in [2.75, 3.05) is 0 Å². The van der Waals surface area contributed by atoms with Gasteiger partial charge in [-0.15, -0.1) is 0 Å². The van der Waals surface area contributed by atoms with Crippen LogP contribution < -0.4 is 0 Å². The van der Waals surface area contributed by atoms with E-state index in [1.807, 2.05) is 0 Å². The number of hydrogen-bond donors (Lipinski definition) is 1. The van der Waals surface area contributed by atoms with E-state index < -0.39 is 21.6 Å². The maximum Gasteiger partial charge on any atom is 0.371 e. The summed E-state index contributed by atoms with van der Waals surface area (Å²) in [7, 11) is -3.71. The molecule has 2 rings (SSSR count). The lowest BCUT2D eigenvalue weighted by atomic mass is 10.2. The van der Waals surface area contributed by atoms with Crippen LogP contribution in [0, 0.1) is 6.92 Å². The van der Waals surface area contributed by atoms with Crippen molar-refractivity contribution in [1.82, 2.24) is 4.98 Å². The normalized spacial score (nSPS) is 11.4. The van der Waals surface area contributed by atoms with E-state index in [0.29, 0.717) is 5.56 Å². The number of nitrogens with zero attached hydrogens (tertiary/aromatic N) is 1. The SMILES string of the molecule is Cc1cncc(CS(=O)(=O)c2ccc(C(=O)O)o2)c1. The molecule has 6 nitrogen and oxygen atoms in total. The fourth-order valence-electron chi connectivity index (χ4n) is 1.59. The Balaban J connectivity index is 2.29. The first-order valence-electron chi connectivity index (χ1n) is 5.35. The molecule has 0 aliphatic rings. The maximum absolute atomic E-state index is 12.0. The van der Waals surface area contributed by atoms with E-state index in [1.54, 1.807) is 19.2 Å². The molecule has 2 heterocycles. The van der Waals surface area contributed by atoms with Gasteiger partial charge in [0.25, 0.3) is 0 Å². The summed E-state index contributed by atoms with van der Waals surface area (Å²) in [5, 5.41) is 8.34. The average Bonchev–Trinajstić information content (AvgIpc) is 2.78. The molecule has 0 saturated heterocycles. The highest BCUT2D eigenvalue weighted by atomic mass is 32.2. The molecule has 0 unspecified atom stereocenters. The highest BCUT2D eigenvalue weighted by Crippen LogP contribution is 2.19. The summed E-state index contributed by atoms with van der Waals surface area (Å²) in [4.78, 5) is 14.6. The zero-order chi connectivity index (χ0) is 14.0. The van der Waals surface area contributed by atoms with Gasteiger partial charge in [-0.25, -0.2) is 13.2 Å². The minimum absolute atomic E-state index is 0.283. The Hall–Kier alpha value is -2.15. The maximum atomic E-state index is 12.0. The van der Waals surface area contributed by atoms with Gasteiger partial charge >= 0.3 is 5.97 Å². The van der Waals surface area contributed by atoms with Crippen molar-refractivity contribution in [3.63, 3.8) is 0 Å². The molecule has 2 aromatic rings. The first kappa shape index (κ1) is 13.3. The van der Waals surface area contributed by atoms with Crippen molar-refractivity contribution < 1.29 is 22.7 Å². The van der Waals surface area contributed by atoms with E-state index >= 15 is 0 Å². The monoisotopic (exact) mass is 281 g/mol. The predicted octanol–water partition coefficient (Wildman–Crippen LogP) is 1.66. The summed E-state index contributed by atoms with van der Waals surface area (Å²) in [6, 6.07) is 3.96.